The third-order valence-corrected chi connectivity index (χ3v) is 4.35. The Bertz CT molecular complexity index is 476. The first kappa shape index (κ1) is 14.2. The number of rotatable bonds is 4. The first-order valence-electron chi connectivity index (χ1n) is 6.56. The number of amides is 1. The summed E-state index contributed by atoms with van der Waals surface area (Å²) in [6, 6.07) is 0. The molecule has 1 N–H and O–H groups in total. The quantitative estimate of drug-likeness (QED) is 0.861. The van der Waals surface area contributed by atoms with Crippen LogP contribution < -0.4 is 0 Å². The van der Waals surface area contributed by atoms with Gasteiger partial charge in [-0.05, 0) is 25.8 Å². The van der Waals surface area contributed by atoms with Crippen LogP contribution in [-0.4, -0.2) is 40.1 Å². The van der Waals surface area contributed by atoms with Crippen molar-refractivity contribution in [1.82, 2.24) is 9.88 Å². The number of nitrogens with zero attached hydrogens (tertiary/aromatic N) is 2. The average molecular weight is 280 g/mol. The summed E-state index contributed by atoms with van der Waals surface area (Å²) < 4.78 is 0. The third-order valence-electron chi connectivity index (χ3n) is 3.47. The Balaban J connectivity index is 1.90. The highest BCUT2D eigenvalue weighted by Crippen LogP contribution is 2.29. The van der Waals surface area contributed by atoms with Crippen LogP contribution in [0.5, 0.6) is 0 Å². The van der Waals surface area contributed by atoms with Gasteiger partial charge in [-0.15, -0.1) is 11.3 Å². The summed E-state index contributed by atoms with van der Waals surface area (Å²) in [6.45, 7) is 2.35. The molecule has 0 spiro atoms. The first-order valence-corrected chi connectivity index (χ1v) is 7.38. The van der Waals surface area contributed by atoms with Crippen molar-refractivity contribution >= 4 is 23.3 Å². The normalized spacial score (nSPS) is 18.1. The molecule has 2 rings (SSSR count). The summed E-state index contributed by atoms with van der Waals surface area (Å²) in [5.74, 6) is -0.0774. The van der Waals surface area contributed by atoms with E-state index in [1.165, 1.54) is 0 Å². The van der Waals surface area contributed by atoms with Crippen LogP contribution in [0.25, 0.3) is 6.08 Å². The van der Waals surface area contributed by atoms with E-state index in [1.54, 1.807) is 41.6 Å². The Kier molecular flexibility index (Phi) is 4.37. The molecular formula is C14H20N2O2S. The van der Waals surface area contributed by atoms with Gasteiger partial charge in [0, 0.05) is 30.7 Å². The number of carbonyl (C=O) groups is 1. The van der Waals surface area contributed by atoms with E-state index in [0.717, 1.165) is 35.6 Å². The topological polar surface area (TPSA) is 53.4 Å². The van der Waals surface area contributed by atoms with E-state index in [1.807, 2.05) is 6.92 Å². The van der Waals surface area contributed by atoms with Gasteiger partial charge in [-0.2, -0.15) is 0 Å². The van der Waals surface area contributed by atoms with Crippen LogP contribution in [0.3, 0.4) is 0 Å². The molecule has 1 aromatic rings. The van der Waals surface area contributed by atoms with Crippen molar-refractivity contribution in [2.45, 2.75) is 38.2 Å². The molecule has 1 saturated carbocycles. The molecule has 0 bridgehead atoms. The smallest absolute Gasteiger partial charge is 0.246 e. The minimum Gasteiger partial charge on any atom is -0.388 e. The van der Waals surface area contributed by atoms with E-state index in [2.05, 4.69) is 4.98 Å². The van der Waals surface area contributed by atoms with E-state index in [4.69, 9.17) is 0 Å². The van der Waals surface area contributed by atoms with Crippen molar-refractivity contribution in [2.24, 2.45) is 0 Å². The number of aryl methyl sites for hydroxylation is 1. The number of thiazole rings is 1. The summed E-state index contributed by atoms with van der Waals surface area (Å²) >= 11 is 1.56. The van der Waals surface area contributed by atoms with Crippen molar-refractivity contribution in [2.75, 3.05) is 13.6 Å². The predicted molar refractivity (Wildman–Crippen MR) is 76.9 cm³/mol. The number of aliphatic hydroxyl groups is 1. The summed E-state index contributed by atoms with van der Waals surface area (Å²) in [5, 5.41) is 11.3. The molecule has 104 valence electrons. The molecule has 1 heterocycles. The van der Waals surface area contributed by atoms with Gasteiger partial charge in [-0.25, -0.2) is 4.98 Å². The second kappa shape index (κ2) is 5.84. The molecule has 0 radical (unpaired) electrons. The molecule has 0 aliphatic heterocycles. The van der Waals surface area contributed by atoms with Crippen LogP contribution in [0.15, 0.2) is 12.3 Å². The Morgan fingerprint density at radius 1 is 1.58 bits per heavy atom. The van der Waals surface area contributed by atoms with Crippen molar-refractivity contribution in [3.05, 3.63) is 22.2 Å². The summed E-state index contributed by atoms with van der Waals surface area (Å²) in [7, 11) is 1.74. The Labute approximate surface area is 117 Å². The lowest BCUT2D eigenvalue weighted by Gasteiger charge is -2.27. The molecule has 1 fully saturated rings. The fraction of sp³-hybridized carbons (Fsp3) is 0.571. The molecule has 1 amide bonds. The molecule has 0 atom stereocenters. The Morgan fingerprint density at radius 2 is 2.26 bits per heavy atom. The lowest BCUT2D eigenvalue weighted by molar-refractivity contribution is -0.127. The summed E-state index contributed by atoms with van der Waals surface area (Å²) in [4.78, 5) is 18.7. The van der Waals surface area contributed by atoms with Gasteiger partial charge in [0.15, 0.2) is 0 Å². The molecule has 1 aliphatic rings. The average Bonchev–Trinajstić information content (AvgIpc) is 2.95. The highest BCUT2D eigenvalue weighted by molar-refractivity contribution is 7.12. The zero-order valence-corrected chi connectivity index (χ0v) is 12.2. The van der Waals surface area contributed by atoms with Gasteiger partial charge in [0.05, 0.1) is 10.6 Å². The molecule has 1 aliphatic carbocycles. The molecular weight excluding hydrogens is 260 g/mol. The van der Waals surface area contributed by atoms with Gasteiger partial charge in [-0.3, -0.25) is 4.79 Å². The molecule has 0 aromatic carbocycles. The summed E-state index contributed by atoms with van der Waals surface area (Å²) in [6.07, 6.45) is 8.77. The first-order chi connectivity index (χ1) is 8.98. The van der Waals surface area contributed by atoms with Gasteiger partial charge in [0.1, 0.15) is 0 Å². The van der Waals surface area contributed by atoms with Gasteiger partial charge in [-0.1, -0.05) is 12.8 Å². The van der Waals surface area contributed by atoms with Gasteiger partial charge < -0.3 is 10.0 Å². The van der Waals surface area contributed by atoms with Crippen molar-refractivity contribution < 1.29 is 9.90 Å². The molecule has 4 nitrogen and oxygen atoms in total. The SMILES string of the molecule is Cc1ncc(/C=C/C(=O)N(C)CC2(O)CCCC2)s1. The van der Waals surface area contributed by atoms with E-state index in [9.17, 15) is 9.90 Å². The second-order valence-electron chi connectivity index (χ2n) is 5.24. The second-order valence-corrected chi connectivity index (χ2v) is 6.51. The van der Waals surface area contributed by atoms with Crippen molar-refractivity contribution in [3.8, 4) is 0 Å². The Hall–Kier alpha value is -1.20. The van der Waals surface area contributed by atoms with E-state index < -0.39 is 5.60 Å². The fourth-order valence-corrected chi connectivity index (χ4v) is 3.13. The maximum absolute atomic E-state index is 12.0. The zero-order valence-electron chi connectivity index (χ0n) is 11.4. The van der Waals surface area contributed by atoms with Crippen molar-refractivity contribution in [3.63, 3.8) is 0 Å². The largest absolute Gasteiger partial charge is 0.388 e. The number of hydrogen-bond donors (Lipinski definition) is 1. The highest BCUT2D eigenvalue weighted by atomic mass is 32.1. The monoisotopic (exact) mass is 280 g/mol. The van der Waals surface area contributed by atoms with Crippen LogP contribution in [0.1, 0.15) is 35.6 Å². The zero-order chi connectivity index (χ0) is 13.9. The molecule has 0 saturated heterocycles. The third kappa shape index (κ3) is 3.88. The van der Waals surface area contributed by atoms with Crippen LogP contribution in [0.2, 0.25) is 0 Å². The van der Waals surface area contributed by atoms with Gasteiger partial charge in [0.25, 0.3) is 0 Å². The lowest BCUT2D eigenvalue weighted by atomic mass is 10.0. The molecule has 19 heavy (non-hydrogen) atoms. The lowest BCUT2D eigenvalue weighted by Crippen LogP contribution is -2.41. The number of carbonyl (C=O) groups excluding carboxylic acids is 1. The van der Waals surface area contributed by atoms with Gasteiger partial charge >= 0.3 is 0 Å². The number of likely N-dealkylation sites (N-methyl/N-ethyl adjacent to an activating group) is 1. The minimum absolute atomic E-state index is 0.0774. The summed E-state index contributed by atoms with van der Waals surface area (Å²) in [5.41, 5.74) is -0.681. The minimum atomic E-state index is -0.681. The highest BCUT2D eigenvalue weighted by Gasteiger charge is 2.32. The van der Waals surface area contributed by atoms with Crippen LogP contribution in [0, 0.1) is 6.92 Å². The van der Waals surface area contributed by atoms with Crippen LogP contribution >= 0.6 is 11.3 Å². The van der Waals surface area contributed by atoms with Crippen molar-refractivity contribution in [1.29, 1.82) is 0 Å². The molecule has 5 heteroatoms. The van der Waals surface area contributed by atoms with Crippen LogP contribution in [-0.2, 0) is 4.79 Å². The standard InChI is InChI=1S/C14H20N2O2S/c1-11-15-9-12(19-11)5-6-13(17)16(2)10-14(18)7-3-4-8-14/h5-6,9,18H,3-4,7-8,10H2,1-2H3/b6-5+. The maximum Gasteiger partial charge on any atom is 0.246 e. The Morgan fingerprint density at radius 3 is 2.84 bits per heavy atom. The fourth-order valence-electron chi connectivity index (χ4n) is 2.45. The van der Waals surface area contributed by atoms with Crippen LogP contribution in [0.4, 0.5) is 0 Å². The molecule has 0 unspecified atom stereocenters. The number of aromatic nitrogens is 1. The van der Waals surface area contributed by atoms with E-state index >= 15 is 0 Å². The van der Waals surface area contributed by atoms with E-state index in [-0.39, 0.29) is 5.91 Å². The van der Waals surface area contributed by atoms with Gasteiger partial charge in [0.2, 0.25) is 5.91 Å². The van der Waals surface area contributed by atoms with E-state index in [0.29, 0.717) is 6.54 Å². The number of hydrogen-bond acceptors (Lipinski definition) is 4. The molecule has 1 aromatic heterocycles. The maximum atomic E-state index is 12.0. The predicted octanol–water partition coefficient (Wildman–Crippen LogP) is 2.23.